The first-order valence-electron chi connectivity index (χ1n) is 5.50. The zero-order valence-corrected chi connectivity index (χ0v) is 9.78. The highest BCUT2D eigenvalue weighted by atomic mass is 32.2. The maximum Gasteiger partial charge on any atom is 0.0672 e. The Labute approximate surface area is 91.4 Å². The highest BCUT2D eigenvalue weighted by molar-refractivity contribution is 7.98. The van der Waals surface area contributed by atoms with Crippen LogP contribution in [-0.2, 0) is 0 Å². The van der Waals surface area contributed by atoms with Crippen LogP contribution in [0.3, 0.4) is 0 Å². The molecule has 2 unspecified atom stereocenters. The SMILES string of the molecule is CSCCNC1CCCCCC1C#N. The van der Waals surface area contributed by atoms with Crippen molar-refractivity contribution < 1.29 is 0 Å². The Morgan fingerprint density at radius 3 is 2.86 bits per heavy atom. The van der Waals surface area contributed by atoms with Crippen LogP contribution in [0.2, 0.25) is 0 Å². The zero-order valence-electron chi connectivity index (χ0n) is 8.96. The summed E-state index contributed by atoms with van der Waals surface area (Å²) in [5, 5.41) is 12.6. The van der Waals surface area contributed by atoms with Gasteiger partial charge in [0.15, 0.2) is 0 Å². The van der Waals surface area contributed by atoms with Gasteiger partial charge in [0.1, 0.15) is 0 Å². The van der Waals surface area contributed by atoms with Gasteiger partial charge in [0.2, 0.25) is 0 Å². The van der Waals surface area contributed by atoms with Crippen LogP contribution in [0.15, 0.2) is 0 Å². The van der Waals surface area contributed by atoms with Crippen LogP contribution < -0.4 is 5.32 Å². The smallest absolute Gasteiger partial charge is 0.0672 e. The molecule has 0 radical (unpaired) electrons. The molecular formula is C11H20N2S. The molecule has 80 valence electrons. The van der Waals surface area contributed by atoms with E-state index in [0.29, 0.717) is 6.04 Å². The second kappa shape index (κ2) is 7.14. The summed E-state index contributed by atoms with van der Waals surface area (Å²) in [4.78, 5) is 0. The van der Waals surface area contributed by atoms with Crippen molar-refractivity contribution in [3.8, 4) is 6.07 Å². The molecule has 0 saturated heterocycles. The summed E-state index contributed by atoms with van der Waals surface area (Å²) in [6, 6.07) is 2.90. The van der Waals surface area contributed by atoms with Crippen LogP contribution in [0.25, 0.3) is 0 Å². The van der Waals surface area contributed by atoms with Crippen molar-refractivity contribution >= 4 is 11.8 Å². The first kappa shape index (κ1) is 11.9. The average Bonchev–Trinajstić information content (AvgIpc) is 2.43. The number of nitriles is 1. The molecule has 1 aliphatic rings. The van der Waals surface area contributed by atoms with E-state index in [4.69, 9.17) is 5.26 Å². The molecule has 0 heterocycles. The van der Waals surface area contributed by atoms with Gasteiger partial charge in [0, 0.05) is 18.3 Å². The number of hydrogen-bond acceptors (Lipinski definition) is 3. The molecule has 1 N–H and O–H groups in total. The molecule has 1 rings (SSSR count). The molecule has 0 spiro atoms. The summed E-state index contributed by atoms with van der Waals surface area (Å²) in [7, 11) is 0. The number of rotatable bonds is 4. The third-order valence-corrected chi connectivity index (χ3v) is 3.51. The zero-order chi connectivity index (χ0) is 10.2. The van der Waals surface area contributed by atoms with Crippen molar-refractivity contribution in [1.82, 2.24) is 5.32 Å². The van der Waals surface area contributed by atoms with E-state index in [2.05, 4.69) is 17.6 Å². The highest BCUT2D eigenvalue weighted by Gasteiger charge is 2.22. The Hall–Kier alpha value is -0.200. The molecule has 1 fully saturated rings. The second-order valence-electron chi connectivity index (χ2n) is 3.93. The minimum atomic E-state index is 0.249. The molecule has 0 aromatic carbocycles. The molecule has 0 aromatic heterocycles. The van der Waals surface area contributed by atoms with Crippen LogP contribution in [0.5, 0.6) is 0 Å². The Morgan fingerprint density at radius 1 is 1.36 bits per heavy atom. The number of nitrogens with zero attached hydrogens (tertiary/aromatic N) is 1. The first-order chi connectivity index (χ1) is 6.88. The van der Waals surface area contributed by atoms with Gasteiger partial charge in [-0.3, -0.25) is 0 Å². The predicted octanol–water partition coefficient (Wildman–Crippen LogP) is 2.41. The van der Waals surface area contributed by atoms with Gasteiger partial charge in [0.25, 0.3) is 0 Å². The Morgan fingerprint density at radius 2 is 2.14 bits per heavy atom. The number of hydrogen-bond donors (Lipinski definition) is 1. The lowest BCUT2D eigenvalue weighted by atomic mass is 9.96. The van der Waals surface area contributed by atoms with E-state index in [1.54, 1.807) is 0 Å². The summed E-state index contributed by atoms with van der Waals surface area (Å²) in [6.45, 7) is 1.05. The molecule has 3 heteroatoms. The van der Waals surface area contributed by atoms with Crippen LogP contribution in [-0.4, -0.2) is 24.6 Å². The van der Waals surface area contributed by atoms with E-state index < -0.39 is 0 Å². The van der Waals surface area contributed by atoms with Gasteiger partial charge in [-0.1, -0.05) is 19.3 Å². The molecule has 14 heavy (non-hydrogen) atoms. The minimum Gasteiger partial charge on any atom is -0.312 e. The number of nitrogens with one attached hydrogen (secondary N) is 1. The summed E-state index contributed by atoms with van der Waals surface area (Å²) in [5.74, 6) is 1.40. The van der Waals surface area contributed by atoms with Crippen LogP contribution >= 0.6 is 11.8 Å². The highest BCUT2D eigenvalue weighted by Crippen LogP contribution is 2.22. The standard InChI is InChI=1S/C11H20N2S/c1-14-8-7-13-11-6-4-2-3-5-10(11)9-12/h10-11,13H,2-8H2,1H3. The maximum atomic E-state index is 9.05. The van der Waals surface area contributed by atoms with E-state index in [1.165, 1.54) is 25.7 Å². The Bertz CT molecular complexity index is 188. The predicted molar refractivity (Wildman–Crippen MR) is 62.4 cm³/mol. The number of thioether (sulfide) groups is 1. The fourth-order valence-corrected chi connectivity index (χ4v) is 2.37. The van der Waals surface area contributed by atoms with E-state index in [0.717, 1.165) is 18.7 Å². The van der Waals surface area contributed by atoms with Gasteiger partial charge in [-0.25, -0.2) is 0 Å². The quantitative estimate of drug-likeness (QED) is 0.574. The van der Waals surface area contributed by atoms with Crippen LogP contribution in [0.4, 0.5) is 0 Å². The van der Waals surface area contributed by atoms with E-state index >= 15 is 0 Å². The molecule has 1 aliphatic carbocycles. The van der Waals surface area contributed by atoms with E-state index in [-0.39, 0.29) is 5.92 Å². The summed E-state index contributed by atoms with van der Waals surface area (Å²) in [5.41, 5.74) is 0. The molecule has 1 saturated carbocycles. The van der Waals surface area contributed by atoms with Gasteiger partial charge >= 0.3 is 0 Å². The fraction of sp³-hybridized carbons (Fsp3) is 0.909. The minimum absolute atomic E-state index is 0.249. The van der Waals surface area contributed by atoms with Crippen molar-refractivity contribution in [2.24, 2.45) is 5.92 Å². The fourth-order valence-electron chi connectivity index (χ4n) is 2.05. The summed E-state index contributed by atoms with van der Waals surface area (Å²) >= 11 is 1.86. The van der Waals surface area contributed by atoms with Crippen molar-refractivity contribution in [1.29, 1.82) is 5.26 Å². The van der Waals surface area contributed by atoms with Gasteiger partial charge in [-0.15, -0.1) is 0 Å². The van der Waals surface area contributed by atoms with Crippen molar-refractivity contribution in [2.75, 3.05) is 18.6 Å². The summed E-state index contributed by atoms with van der Waals surface area (Å²) in [6.07, 6.45) is 8.23. The second-order valence-corrected chi connectivity index (χ2v) is 4.91. The van der Waals surface area contributed by atoms with Gasteiger partial charge in [-0.2, -0.15) is 17.0 Å². The normalized spacial score (nSPS) is 28.0. The monoisotopic (exact) mass is 212 g/mol. The van der Waals surface area contributed by atoms with Crippen LogP contribution in [0, 0.1) is 17.2 Å². The van der Waals surface area contributed by atoms with E-state index in [1.807, 2.05) is 11.8 Å². The molecule has 0 aliphatic heterocycles. The lowest BCUT2D eigenvalue weighted by Gasteiger charge is -2.20. The molecule has 0 amide bonds. The van der Waals surface area contributed by atoms with Gasteiger partial charge < -0.3 is 5.32 Å². The third kappa shape index (κ3) is 3.89. The molecule has 0 aromatic rings. The maximum absolute atomic E-state index is 9.05. The van der Waals surface area contributed by atoms with Crippen molar-refractivity contribution in [3.63, 3.8) is 0 Å². The lowest BCUT2D eigenvalue weighted by Crippen LogP contribution is -2.36. The van der Waals surface area contributed by atoms with Crippen molar-refractivity contribution in [3.05, 3.63) is 0 Å². The molecule has 0 bridgehead atoms. The van der Waals surface area contributed by atoms with E-state index in [9.17, 15) is 0 Å². The van der Waals surface area contributed by atoms with Gasteiger partial charge in [-0.05, 0) is 19.1 Å². The molecular weight excluding hydrogens is 192 g/mol. The van der Waals surface area contributed by atoms with Gasteiger partial charge in [0.05, 0.1) is 12.0 Å². The first-order valence-corrected chi connectivity index (χ1v) is 6.90. The lowest BCUT2D eigenvalue weighted by molar-refractivity contribution is 0.405. The topological polar surface area (TPSA) is 35.8 Å². The Kier molecular flexibility index (Phi) is 6.05. The summed E-state index contributed by atoms with van der Waals surface area (Å²) < 4.78 is 0. The largest absolute Gasteiger partial charge is 0.312 e. The van der Waals surface area contributed by atoms with Crippen molar-refractivity contribution in [2.45, 2.75) is 38.1 Å². The third-order valence-electron chi connectivity index (χ3n) is 2.89. The molecule has 2 nitrogen and oxygen atoms in total. The average molecular weight is 212 g/mol. The Balaban J connectivity index is 2.33. The molecule has 2 atom stereocenters. The van der Waals surface area contributed by atoms with Crippen LogP contribution in [0.1, 0.15) is 32.1 Å².